The predicted octanol–water partition coefficient (Wildman–Crippen LogP) is 6.21. The predicted molar refractivity (Wildman–Crippen MR) is 124 cm³/mol. The van der Waals surface area contributed by atoms with Gasteiger partial charge in [0.05, 0.1) is 18.4 Å². The number of hydrogen-bond donors (Lipinski definition) is 1. The van der Waals surface area contributed by atoms with E-state index in [1.54, 1.807) is 36.6 Å². The molecule has 0 fully saturated rings. The van der Waals surface area contributed by atoms with E-state index in [1.807, 2.05) is 50.2 Å². The van der Waals surface area contributed by atoms with E-state index in [1.165, 1.54) is 0 Å². The van der Waals surface area contributed by atoms with Gasteiger partial charge in [0.15, 0.2) is 5.76 Å². The van der Waals surface area contributed by atoms with E-state index < -0.39 is 0 Å². The average molecular weight is 423 g/mol. The maximum atomic E-state index is 13.1. The van der Waals surface area contributed by atoms with Crippen LogP contribution in [0, 0.1) is 13.8 Å². The molecule has 2 aromatic heterocycles. The topological polar surface area (TPSA) is 72.5 Å². The van der Waals surface area contributed by atoms with Gasteiger partial charge in [0, 0.05) is 21.9 Å². The molecule has 0 aliphatic carbocycles. The lowest BCUT2D eigenvalue weighted by molar-refractivity contribution is -0.115. The van der Waals surface area contributed by atoms with Crippen LogP contribution < -0.4 is 5.32 Å². The number of anilines is 1. The van der Waals surface area contributed by atoms with Crippen LogP contribution in [-0.4, -0.2) is 11.7 Å². The van der Waals surface area contributed by atoms with E-state index >= 15 is 0 Å². The van der Waals surface area contributed by atoms with Gasteiger partial charge in [-0.2, -0.15) is 0 Å². The van der Waals surface area contributed by atoms with Crippen LogP contribution in [0.15, 0.2) is 81.8 Å². The Bertz CT molecular complexity index is 1470. The second-order valence-electron chi connectivity index (χ2n) is 7.87. The van der Waals surface area contributed by atoms with Gasteiger partial charge in [0.25, 0.3) is 0 Å². The monoisotopic (exact) mass is 423 g/mol. The number of furan rings is 2. The number of para-hydroxylation sites is 1. The van der Waals surface area contributed by atoms with Crippen molar-refractivity contribution in [3.8, 4) is 0 Å². The van der Waals surface area contributed by atoms with Crippen LogP contribution in [0.25, 0.3) is 21.9 Å². The van der Waals surface area contributed by atoms with Crippen molar-refractivity contribution in [1.29, 1.82) is 0 Å². The molecule has 3 aromatic carbocycles. The van der Waals surface area contributed by atoms with Gasteiger partial charge in [0.1, 0.15) is 11.2 Å². The lowest BCUT2D eigenvalue weighted by Gasteiger charge is -2.06. The van der Waals surface area contributed by atoms with Crippen LogP contribution in [0.5, 0.6) is 0 Å². The van der Waals surface area contributed by atoms with Gasteiger partial charge in [-0.15, -0.1) is 0 Å². The maximum Gasteiger partial charge on any atom is 0.230 e. The molecule has 32 heavy (non-hydrogen) atoms. The number of carbonyl (C=O) groups is 2. The van der Waals surface area contributed by atoms with Crippen LogP contribution in [0.2, 0.25) is 0 Å². The first-order chi connectivity index (χ1) is 15.5. The van der Waals surface area contributed by atoms with Crippen LogP contribution in [0.3, 0.4) is 0 Å². The van der Waals surface area contributed by atoms with Crippen molar-refractivity contribution in [2.45, 2.75) is 20.3 Å². The molecule has 158 valence electrons. The van der Waals surface area contributed by atoms with Gasteiger partial charge < -0.3 is 14.2 Å². The highest BCUT2D eigenvalue weighted by atomic mass is 16.3. The van der Waals surface area contributed by atoms with E-state index in [0.29, 0.717) is 22.2 Å². The van der Waals surface area contributed by atoms with E-state index in [4.69, 9.17) is 8.83 Å². The lowest BCUT2D eigenvalue weighted by atomic mass is 10.0. The van der Waals surface area contributed by atoms with Gasteiger partial charge in [-0.05, 0) is 37.1 Å². The van der Waals surface area contributed by atoms with Crippen LogP contribution in [0.4, 0.5) is 5.69 Å². The molecule has 5 rings (SSSR count). The number of rotatable bonds is 5. The molecule has 5 nitrogen and oxygen atoms in total. The third kappa shape index (κ3) is 3.38. The molecular weight excluding hydrogens is 402 g/mol. The van der Waals surface area contributed by atoms with Gasteiger partial charge in [0.2, 0.25) is 11.7 Å². The van der Waals surface area contributed by atoms with Crippen molar-refractivity contribution < 1.29 is 18.4 Å². The summed E-state index contributed by atoms with van der Waals surface area (Å²) in [5, 5.41) is 4.52. The van der Waals surface area contributed by atoms with E-state index in [-0.39, 0.29) is 23.9 Å². The van der Waals surface area contributed by atoms with Crippen LogP contribution in [0.1, 0.15) is 32.8 Å². The molecule has 0 spiro atoms. The number of amides is 1. The molecular formula is C27H21NO4. The molecule has 0 bridgehead atoms. The summed E-state index contributed by atoms with van der Waals surface area (Å²) in [4.78, 5) is 26.1. The lowest BCUT2D eigenvalue weighted by Crippen LogP contribution is -2.16. The SMILES string of the molecule is Cc1ccc2c(CC(=O)Nc3c(C(=O)c4ccccc4)oc4ccccc34)coc2c1C. The van der Waals surface area contributed by atoms with Gasteiger partial charge in [-0.3, -0.25) is 9.59 Å². The summed E-state index contributed by atoms with van der Waals surface area (Å²) < 4.78 is 11.6. The third-order valence-electron chi connectivity index (χ3n) is 5.79. The minimum Gasteiger partial charge on any atom is -0.464 e. The van der Waals surface area contributed by atoms with E-state index in [0.717, 1.165) is 27.7 Å². The molecule has 0 unspecified atom stereocenters. The normalized spacial score (nSPS) is 11.2. The molecule has 2 heterocycles. The number of benzene rings is 3. The molecule has 0 saturated carbocycles. The average Bonchev–Trinajstić information content (AvgIpc) is 3.38. The smallest absolute Gasteiger partial charge is 0.230 e. The molecule has 1 N–H and O–H groups in total. The minimum absolute atomic E-state index is 0.119. The summed E-state index contributed by atoms with van der Waals surface area (Å²) in [6.45, 7) is 4.03. The Labute approximate surface area is 184 Å². The van der Waals surface area contributed by atoms with Gasteiger partial charge in [-0.1, -0.05) is 54.6 Å². The molecule has 0 atom stereocenters. The first-order valence-electron chi connectivity index (χ1n) is 10.4. The molecule has 0 saturated heterocycles. The first-order valence-corrected chi connectivity index (χ1v) is 10.4. The van der Waals surface area contributed by atoms with Crippen molar-refractivity contribution >= 4 is 39.3 Å². The fourth-order valence-corrected chi connectivity index (χ4v) is 3.93. The quantitative estimate of drug-likeness (QED) is 0.341. The molecule has 0 aliphatic rings. The second kappa shape index (κ2) is 7.85. The standard InChI is InChI=1S/C27H21NO4/c1-16-12-13-20-19(15-31-26(20)17(16)2)14-23(29)28-24-21-10-6-7-11-22(21)32-27(24)25(30)18-8-4-3-5-9-18/h3-13,15H,14H2,1-2H3,(H,28,29). The summed E-state index contributed by atoms with van der Waals surface area (Å²) in [5.74, 6) is -0.411. The summed E-state index contributed by atoms with van der Waals surface area (Å²) in [5.41, 5.74) is 5.21. The minimum atomic E-state index is -0.281. The fourth-order valence-electron chi connectivity index (χ4n) is 3.93. The zero-order chi connectivity index (χ0) is 22.2. The summed E-state index contributed by atoms with van der Waals surface area (Å²) in [7, 11) is 0. The van der Waals surface area contributed by atoms with Crippen molar-refractivity contribution in [1.82, 2.24) is 0 Å². The molecule has 0 radical (unpaired) electrons. The Morgan fingerprint density at radius 3 is 2.44 bits per heavy atom. The second-order valence-corrected chi connectivity index (χ2v) is 7.87. The number of aryl methyl sites for hydroxylation is 2. The van der Waals surface area contributed by atoms with Crippen molar-refractivity contribution in [3.05, 3.63) is 101 Å². The Morgan fingerprint density at radius 1 is 0.875 bits per heavy atom. The van der Waals surface area contributed by atoms with Crippen molar-refractivity contribution in [3.63, 3.8) is 0 Å². The highest BCUT2D eigenvalue weighted by Crippen LogP contribution is 2.33. The summed E-state index contributed by atoms with van der Waals surface area (Å²) in [6, 6.07) is 20.2. The largest absolute Gasteiger partial charge is 0.464 e. The van der Waals surface area contributed by atoms with Gasteiger partial charge in [-0.25, -0.2) is 0 Å². The third-order valence-corrected chi connectivity index (χ3v) is 5.79. The molecule has 5 aromatic rings. The van der Waals surface area contributed by atoms with E-state index in [2.05, 4.69) is 5.32 Å². The number of fused-ring (bicyclic) bond motifs is 2. The highest BCUT2D eigenvalue weighted by Gasteiger charge is 2.24. The van der Waals surface area contributed by atoms with Crippen LogP contribution in [-0.2, 0) is 11.2 Å². The van der Waals surface area contributed by atoms with Crippen molar-refractivity contribution in [2.75, 3.05) is 5.32 Å². The number of hydrogen-bond acceptors (Lipinski definition) is 4. The summed E-state index contributed by atoms with van der Waals surface area (Å²) in [6.07, 6.45) is 1.74. The maximum absolute atomic E-state index is 13.1. The Kier molecular flexibility index (Phi) is 4.86. The van der Waals surface area contributed by atoms with E-state index in [9.17, 15) is 9.59 Å². The number of ketones is 1. The zero-order valence-electron chi connectivity index (χ0n) is 17.8. The molecule has 5 heteroatoms. The molecule has 0 aliphatic heterocycles. The molecule has 1 amide bonds. The summed E-state index contributed by atoms with van der Waals surface area (Å²) >= 11 is 0. The van der Waals surface area contributed by atoms with Gasteiger partial charge >= 0.3 is 0 Å². The Balaban J connectivity index is 1.49. The fraction of sp³-hybridized carbons (Fsp3) is 0.111. The number of nitrogens with one attached hydrogen (secondary N) is 1. The first kappa shape index (κ1) is 19.8. The zero-order valence-corrected chi connectivity index (χ0v) is 17.8. The van der Waals surface area contributed by atoms with Crippen molar-refractivity contribution in [2.24, 2.45) is 0 Å². The highest BCUT2D eigenvalue weighted by molar-refractivity contribution is 6.17. The Morgan fingerprint density at radius 2 is 1.62 bits per heavy atom. The number of carbonyl (C=O) groups excluding carboxylic acids is 2. The van der Waals surface area contributed by atoms with Crippen LogP contribution >= 0.6 is 0 Å². The Hall–Kier alpha value is -4.12.